The maximum Gasteiger partial charge on any atom is 0.262 e. The molecule has 162 valence electrons. The van der Waals surface area contributed by atoms with Gasteiger partial charge in [-0.3, -0.25) is 9.89 Å². The van der Waals surface area contributed by atoms with Gasteiger partial charge in [0, 0.05) is 27.5 Å². The molecular formula is C23H20ClN5O3. The molecule has 2 aromatic carbocycles. The van der Waals surface area contributed by atoms with Gasteiger partial charge in [-0.15, -0.1) is 5.10 Å². The molecular weight excluding hydrogens is 430 g/mol. The summed E-state index contributed by atoms with van der Waals surface area (Å²) in [6.45, 7) is 3.48. The first-order chi connectivity index (χ1) is 15.4. The normalized spacial score (nSPS) is 14.9. The van der Waals surface area contributed by atoms with Crippen LogP contribution >= 0.6 is 11.6 Å². The molecule has 0 radical (unpaired) electrons. The van der Waals surface area contributed by atoms with Gasteiger partial charge in [0.25, 0.3) is 5.91 Å². The molecule has 1 unspecified atom stereocenters. The van der Waals surface area contributed by atoms with Crippen molar-refractivity contribution in [3.05, 3.63) is 81.3 Å². The Kier molecular flexibility index (Phi) is 5.75. The number of anilines is 1. The number of aryl methyl sites for hydroxylation is 2. The van der Waals surface area contributed by atoms with Crippen LogP contribution in [0.4, 0.5) is 5.69 Å². The number of carbonyl (C=O) groups is 1. The molecule has 2 heterocycles. The summed E-state index contributed by atoms with van der Waals surface area (Å²) in [6, 6.07) is 14.6. The average molecular weight is 450 g/mol. The summed E-state index contributed by atoms with van der Waals surface area (Å²) in [7, 11) is 0. The minimum Gasteiger partial charge on any atom is -0.483 e. The van der Waals surface area contributed by atoms with Crippen LogP contribution in [-0.4, -0.2) is 22.7 Å². The summed E-state index contributed by atoms with van der Waals surface area (Å²) >= 11 is 6.02. The van der Waals surface area contributed by atoms with Crippen molar-refractivity contribution in [1.82, 2.24) is 10.2 Å². The fourth-order valence-corrected chi connectivity index (χ4v) is 3.79. The molecule has 4 N–H and O–H groups in total. The molecule has 1 atom stereocenters. The molecule has 3 aromatic rings. The van der Waals surface area contributed by atoms with Crippen LogP contribution in [0.15, 0.2) is 53.9 Å². The molecule has 0 saturated carbocycles. The van der Waals surface area contributed by atoms with E-state index in [1.165, 1.54) is 0 Å². The van der Waals surface area contributed by atoms with Gasteiger partial charge in [0.05, 0.1) is 5.92 Å². The number of H-pyrrole nitrogens is 1. The lowest BCUT2D eigenvalue weighted by atomic mass is 9.83. The molecule has 1 aliphatic heterocycles. The second kappa shape index (κ2) is 8.65. The maximum atomic E-state index is 12.5. The SMILES string of the molecule is Cc1ccc(Cl)cc1NC(=O)COc1ccccc1C1C(C#N)=C(N)Oc2n[nH]c(C)c21. The van der Waals surface area contributed by atoms with Crippen molar-refractivity contribution < 1.29 is 14.3 Å². The number of para-hydroxylation sites is 1. The van der Waals surface area contributed by atoms with Crippen LogP contribution in [-0.2, 0) is 4.79 Å². The smallest absolute Gasteiger partial charge is 0.262 e. The molecule has 1 aromatic heterocycles. The van der Waals surface area contributed by atoms with E-state index in [-0.39, 0.29) is 24.0 Å². The van der Waals surface area contributed by atoms with Gasteiger partial charge in [0.2, 0.25) is 11.8 Å². The monoisotopic (exact) mass is 449 g/mol. The Morgan fingerprint density at radius 2 is 2.12 bits per heavy atom. The average Bonchev–Trinajstić information content (AvgIpc) is 3.14. The molecule has 0 aliphatic carbocycles. The van der Waals surface area contributed by atoms with Crippen LogP contribution in [0.2, 0.25) is 5.02 Å². The third kappa shape index (κ3) is 3.98. The van der Waals surface area contributed by atoms with E-state index in [1.807, 2.05) is 32.0 Å². The maximum absolute atomic E-state index is 12.5. The van der Waals surface area contributed by atoms with E-state index in [9.17, 15) is 10.1 Å². The fourth-order valence-electron chi connectivity index (χ4n) is 3.62. The van der Waals surface area contributed by atoms with Gasteiger partial charge in [-0.05, 0) is 37.6 Å². The van der Waals surface area contributed by atoms with Gasteiger partial charge < -0.3 is 20.5 Å². The fraction of sp³-hybridized carbons (Fsp3) is 0.174. The number of nitrogens with two attached hydrogens (primary N) is 1. The van der Waals surface area contributed by atoms with Gasteiger partial charge in [-0.2, -0.15) is 5.26 Å². The molecule has 8 nitrogen and oxygen atoms in total. The number of nitriles is 1. The van der Waals surface area contributed by atoms with Crippen molar-refractivity contribution in [3.63, 3.8) is 0 Å². The minimum atomic E-state index is -0.545. The van der Waals surface area contributed by atoms with Crippen LogP contribution in [0.25, 0.3) is 0 Å². The lowest BCUT2D eigenvalue weighted by molar-refractivity contribution is -0.118. The predicted molar refractivity (Wildman–Crippen MR) is 119 cm³/mol. The Morgan fingerprint density at radius 1 is 1.34 bits per heavy atom. The number of allylic oxidation sites excluding steroid dienone is 1. The highest BCUT2D eigenvalue weighted by atomic mass is 35.5. The van der Waals surface area contributed by atoms with Crippen molar-refractivity contribution >= 4 is 23.2 Å². The number of rotatable bonds is 5. The topological polar surface area (TPSA) is 126 Å². The van der Waals surface area contributed by atoms with E-state index < -0.39 is 5.92 Å². The Labute approximate surface area is 189 Å². The number of aromatic nitrogens is 2. The molecule has 0 spiro atoms. The Hall–Kier alpha value is -3.96. The lowest BCUT2D eigenvalue weighted by Crippen LogP contribution is -2.23. The van der Waals surface area contributed by atoms with Gasteiger partial charge >= 0.3 is 0 Å². The highest BCUT2D eigenvalue weighted by Crippen LogP contribution is 2.45. The molecule has 32 heavy (non-hydrogen) atoms. The molecule has 9 heteroatoms. The number of nitrogens with one attached hydrogen (secondary N) is 2. The Bertz CT molecular complexity index is 1270. The highest BCUT2D eigenvalue weighted by molar-refractivity contribution is 6.31. The predicted octanol–water partition coefficient (Wildman–Crippen LogP) is 3.92. The second-order valence-electron chi connectivity index (χ2n) is 7.33. The lowest BCUT2D eigenvalue weighted by Gasteiger charge is -2.25. The highest BCUT2D eigenvalue weighted by Gasteiger charge is 2.35. The number of hydrogen-bond acceptors (Lipinski definition) is 6. The quantitative estimate of drug-likeness (QED) is 0.542. The molecule has 1 aliphatic rings. The number of nitrogens with zero attached hydrogens (tertiary/aromatic N) is 2. The molecule has 1 amide bonds. The van der Waals surface area contributed by atoms with E-state index in [0.717, 1.165) is 11.3 Å². The zero-order valence-corrected chi connectivity index (χ0v) is 18.2. The zero-order chi connectivity index (χ0) is 22.8. The number of aromatic amines is 1. The number of hydrogen-bond donors (Lipinski definition) is 3. The Morgan fingerprint density at radius 3 is 2.91 bits per heavy atom. The first kappa shape index (κ1) is 21.3. The van der Waals surface area contributed by atoms with Crippen molar-refractivity contribution in [1.29, 1.82) is 5.26 Å². The summed E-state index contributed by atoms with van der Waals surface area (Å²) in [5.41, 5.74) is 9.85. The number of fused-ring (bicyclic) bond motifs is 1. The van der Waals surface area contributed by atoms with Crippen molar-refractivity contribution in [2.75, 3.05) is 11.9 Å². The van der Waals surface area contributed by atoms with Crippen molar-refractivity contribution in [2.24, 2.45) is 5.73 Å². The van der Waals surface area contributed by atoms with Gasteiger partial charge in [-0.1, -0.05) is 35.9 Å². The zero-order valence-electron chi connectivity index (χ0n) is 17.4. The third-order valence-electron chi connectivity index (χ3n) is 5.19. The standard InChI is InChI=1S/C23H20ClN5O3/c1-12-7-8-14(24)9-17(12)27-19(30)11-31-18-6-4-3-5-15(18)21-16(10-25)22(26)32-23-20(21)13(2)28-29-23/h3-9,21H,11,26H2,1-2H3,(H,27,30)(H,28,29). The molecule has 0 bridgehead atoms. The summed E-state index contributed by atoms with van der Waals surface area (Å²) in [5.74, 6) is -0.136. The minimum absolute atomic E-state index is 0.0134. The first-order valence-electron chi connectivity index (χ1n) is 9.79. The summed E-state index contributed by atoms with van der Waals surface area (Å²) < 4.78 is 11.4. The van der Waals surface area contributed by atoms with E-state index in [2.05, 4.69) is 21.6 Å². The molecule has 4 rings (SSSR count). The number of carbonyl (C=O) groups excluding carboxylic acids is 1. The van der Waals surface area contributed by atoms with Gasteiger partial charge in [0.15, 0.2) is 6.61 Å². The first-order valence-corrected chi connectivity index (χ1v) is 10.2. The van der Waals surface area contributed by atoms with Gasteiger partial charge in [0.1, 0.15) is 17.4 Å². The number of halogens is 1. The van der Waals surface area contributed by atoms with E-state index >= 15 is 0 Å². The van der Waals surface area contributed by atoms with Crippen LogP contribution in [0.5, 0.6) is 11.6 Å². The van der Waals surface area contributed by atoms with Crippen LogP contribution in [0.1, 0.15) is 28.3 Å². The summed E-state index contributed by atoms with van der Waals surface area (Å²) in [6.07, 6.45) is 0. The number of ether oxygens (including phenoxy) is 2. The van der Waals surface area contributed by atoms with Crippen molar-refractivity contribution in [3.8, 4) is 17.7 Å². The van der Waals surface area contributed by atoms with Crippen LogP contribution < -0.4 is 20.5 Å². The largest absolute Gasteiger partial charge is 0.483 e. The third-order valence-corrected chi connectivity index (χ3v) is 5.43. The van der Waals surface area contributed by atoms with E-state index in [0.29, 0.717) is 33.5 Å². The molecule has 0 saturated heterocycles. The molecule has 0 fully saturated rings. The Balaban J connectivity index is 1.61. The number of benzene rings is 2. The summed E-state index contributed by atoms with van der Waals surface area (Å²) in [4.78, 5) is 12.5. The number of amides is 1. The van der Waals surface area contributed by atoms with Crippen LogP contribution in [0.3, 0.4) is 0 Å². The van der Waals surface area contributed by atoms with Crippen molar-refractivity contribution in [2.45, 2.75) is 19.8 Å². The van der Waals surface area contributed by atoms with E-state index in [4.69, 9.17) is 26.8 Å². The van der Waals surface area contributed by atoms with E-state index in [1.54, 1.807) is 24.3 Å². The van der Waals surface area contributed by atoms with Gasteiger partial charge in [-0.25, -0.2) is 0 Å². The van der Waals surface area contributed by atoms with Crippen LogP contribution in [0, 0.1) is 25.2 Å². The summed E-state index contributed by atoms with van der Waals surface area (Å²) in [5, 5.41) is 20.1. The second-order valence-corrected chi connectivity index (χ2v) is 7.76.